The molecule has 0 fully saturated rings. The molecule has 0 saturated heterocycles. The minimum atomic E-state index is -0.581. The topological polar surface area (TPSA) is 73.2 Å². The highest BCUT2D eigenvalue weighted by molar-refractivity contribution is 5.96. The summed E-state index contributed by atoms with van der Waals surface area (Å²) in [6, 6.07) is 15.6. The first kappa shape index (κ1) is 22.2. The van der Waals surface area contributed by atoms with Crippen LogP contribution < -0.4 is 10.9 Å². The van der Waals surface area contributed by atoms with Gasteiger partial charge in [0.15, 0.2) is 0 Å². The summed E-state index contributed by atoms with van der Waals surface area (Å²) < 4.78 is 19.8. The van der Waals surface area contributed by atoms with Gasteiger partial charge in [0, 0.05) is 35.9 Å². The zero-order valence-corrected chi connectivity index (χ0v) is 18.8. The van der Waals surface area contributed by atoms with Crippen molar-refractivity contribution in [1.29, 1.82) is 0 Å². The molecule has 2 aromatic carbocycles. The Bertz CT molecular complexity index is 1410. The standard InChI is InChI=1S/C26H24FN3O3/c1-15-11-19(16(2)29-22-8-6-5-7-18(22)26(32)33-4)20-13-23(17-9-10-24(27)28-14-17)30(3)25(31)21(20)12-15/h5-14,16,29H,1-4H3. The van der Waals surface area contributed by atoms with Gasteiger partial charge in [-0.1, -0.05) is 18.2 Å². The molecule has 2 heterocycles. The third-order valence-electron chi connectivity index (χ3n) is 5.73. The van der Waals surface area contributed by atoms with Crippen molar-refractivity contribution in [2.24, 2.45) is 7.05 Å². The van der Waals surface area contributed by atoms with Gasteiger partial charge < -0.3 is 14.6 Å². The minimum Gasteiger partial charge on any atom is -0.465 e. The summed E-state index contributed by atoms with van der Waals surface area (Å²) in [7, 11) is 3.04. The molecule has 0 aliphatic heterocycles. The molecule has 1 atom stereocenters. The van der Waals surface area contributed by atoms with E-state index in [1.54, 1.807) is 29.8 Å². The molecule has 1 N–H and O–H groups in total. The van der Waals surface area contributed by atoms with Crippen molar-refractivity contribution < 1.29 is 13.9 Å². The first-order valence-electron chi connectivity index (χ1n) is 10.5. The van der Waals surface area contributed by atoms with Gasteiger partial charge >= 0.3 is 5.97 Å². The van der Waals surface area contributed by atoms with E-state index in [0.29, 0.717) is 27.9 Å². The van der Waals surface area contributed by atoms with Crippen LogP contribution in [0.4, 0.5) is 10.1 Å². The number of carbonyl (C=O) groups is 1. The molecule has 6 nitrogen and oxygen atoms in total. The highest BCUT2D eigenvalue weighted by Gasteiger charge is 2.18. The van der Waals surface area contributed by atoms with E-state index in [0.717, 1.165) is 16.5 Å². The molecule has 2 aromatic heterocycles. The molecule has 33 heavy (non-hydrogen) atoms. The molecule has 0 aliphatic rings. The molecule has 168 valence electrons. The number of benzene rings is 2. The zero-order chi connectivity index (χ0) is 23.7. The lowest BCUT2D eigenvalue weighted by molar-refractivity contribution is 0.0602. The average molecular weight is 445 g/mol. The van der Waals surface area contributed by atoms with Crippen molar-refractivity contribution in [1.82, 2.24) is 9.55 Å². The molecule has 1 unspecified atom stereocenters. The number of anilines is 1. The van der Waals surface area contributed by atoms with Crippen LogP contribution in [-0.2, 0) is 11.8 Å². The lowest BCUT2D eigenvalue weighted by atomic mass is 9.96. The van der Waals surface area contributed by atoms with E-state index in [1.165, 1.54) is 19.4 Å². The number of pyridine rings is 2. The third kappa shape index (κ3) is 4.22. The lowest BCUT2D eigenvalue weighted by Crippen LogP contribution is -2.20. The van der Waals surface area contributed by atoms with E-state index in [-0.39, 0.29) is 11.6 Å². The summed E-state index contributed by atoms with van der Waals surface area (Å²) >= 11 is 0. The van der Waals surface area contributed by atoms with Crippen molar-refractivity contribution in [3.63, 3.8) is 0 Å². The van der Waals surface area contributed by atoms with Gasteiger partial charge in [0.1, 0.15) is 0 Å². The Morgan fingerprint density at radius 3 is 2.58 bits per heavy atom. The fourth-order valence-corrected chi connectivity index (χ4v) is 4.06. The van der Waals surface area contributed by atoms with Gasteiger partial charge in [0.05, 0.1) is 18.4 Å². The van der Waals surface area contributed by atoms with Crippen LogP contribution in [0.5, 0.6) is 0 Å². The Kier molecular flexibility index (Phi) is 5.96. The van der Waals surface area contributed by atoms with E-state index in [1.807, 2.05) is 44.2 Å². The monoisotopic (exact) mass is 445 g/mol. The Labute approximate surface area is 190 Å². The van der Waals surface area contributed by atoms with Gasteiger partial charge in [-0.05, 0) is 66.8 Å². The van der Waals surface area contributed by atoms with Crippen LogP contribution in [0.3, 0.4) is 0 Å². The predicted octanol–water partition coefficient (Wildman–Crippen LogP) is 5.01. The molecule has 0 saturated carbocycles. The number of aromatic nitrogens is 2. The molecule has 7 heteroatoms. The molecular formula is C26H24FN3O3. The maximum atomic E-state index is 13.4. The maximum absolute atomic E-state index is 13.4. The SMILES string of the molecule is COC(=O)c1ccccc1NC(C)c1cc(C)cc2c(=O)n(C)c(-c3ccc(F)nc3)cc12. The minimum absolute atomic E-state index is 0.154. The fraction of sp³-hybridized carbons (Fsp3) is 0.192. The number of fused-ring (bicyclic) bond motifs is 1. The van der Waals surface area contributed by atoms with Gasteiger partial charge in [-0.3, -0.25) is 4.79 Å². The number of para-hydroxylation sites is 1. The van der Waals surface area contributed by atoms with Crippen molar-refractivity contribution in [2.45, 2.75) is 19.9 Å². The Hall–Kier alpha value is -4.00. The summed E-state index contributed by atoms with van der Waals surface area (Å²) in [6.45, 7) is 3.91. The quantitative estimate of drug-likeness (QED) is 0.345. The summed E-state index contributed by atoms with van der Waals surface area (Å²) in [5.74, 6) is -1.01. The number of hydrogen-bond acceptors (Lipinski definition) is 5. The van der Waals surface area contributed by atoms with E-state index in [4.69, 9.17) is 4.74 Å². The van der Waals surface area contributed by atoms with Gasteiger partial charge in [-0.15, -0.1) is 0 Å². The average Bonchev–Trinajstić information content (AvgIpc) is 2.81. The largest absolute Gasteiger partial charge is 0.465 e. The van der Waals surface area contributed by atoms with Gasteiger partial charge in [0.25, 0.3) is 5.56 Å². The molecule has 4 aromatic rings. The Morgan fingerprint density at radius 2 is 1.88 bits per heavy atom. The fourth-order valence-electron chi connectivity index (χ4n) is 4.06. The van der Waals surface area contributed by atoms with Crippen molar-refractivity contribution >= 4 is 22.4 Å². The van der Waals surface area contributed by atoms with Crippen LogP contribution in [0.25, 0.3) is 22.0 Å². The van der Waals surface area contributed by atoms with Crippen molar-refractivity contribution in [3.05, 3.63) is 93.8 Å². The molecule has 4 rings (SSSR count). The normalized spacial score (nSPS) is 11.9. The van der Waals surface area contributed by atoms with Crippen LogP contribution in [-0.4, -0.2) is 22.6 Å². The number of nitrogens with one attached hydrogen (secondary N) is 1. The van der Waals surface area contributed by atoms with Crippen LogP contribution in [0, 0.1) is 12.9 Å². The second-order valence-electron chi connectivity index (χ2n) is 7.98. The van der Waals surface area contributed by atoms with Gasteiger partial charge in [-0.2, -0.15) is 4.39 Å². The number of methoxy groups -OCH3 is 1. The number of rotatable bonds is 5. The first-order chi connectivity index (χ1) is 15.8. The maximum Gasteiger partial charge on any atom is 0.339 e. The molecule has 0 spiro atoms. The number of nitrogens with zero attached hydrogens (tertiary/aromatic N) is 2. The Morgan fingerprint density at radius 1 is 1.12 bits per heavy atom. The highest BCUT2D eigenvalue weighted by atomic mass is 19.1. The van der Waals surface area contributed by atoms with Crippen LogP contribution in [0.15, 0.2) is 65.6 Å². The third-order valence-corrected chi connectivity index (χ3v) is 5.73. The van der Waals surface area contributed by atoms with Crippen LogP contribution in [0.2, 0.25) is 0 Å². The Balaban J connectivity index is 1.87. The number of ether oxygens (including phenoxy) is 1. The van der Waals surface area contributed by atoms with Crippen molar-refractivity contribution in [2.75, 3.05) is 12.4 Å². The summed E-state index contributed by atoms with van der Waals surface area (Å²) in [6.07, 6.45) is 1.41. The summed E-state index contributed by atoms with van der Waals surface area (Å²) in [5.41, 5.74) is 4.03. The van der Waals surface area contributed by atoms with Crippen molar-refractivity contribution in [3.8, 4) is 11.3 Å². The lowest BCUT2D eigenvalue weighted by Gasteiger charge is -2.21. The van der Waals surface area contributed by atoms with E-state index in [2.05, 4.69) is 10.3 Å². The van der Waals surface area contributed by atoms with E-state index >= 15 is 0 Å². The number of esters is 1. The number of aryl methyl sites for hydroxylation is 1. The highest BCUT2D eigenvalue weighted by Crippen LogP contribution is 2.31. The smallest absolute Gasteiger partial charge is 0.339 e. The second kappa shape index (κ2) is 8.86. The molecule has 0 radical (unpaired) electrons. The second-order valence-corrected chi connectivity index (χ2v) is 7.98. The summed E-state index contributed by atoms with van der Waals surface area (Å²) in [5, 5.41) is 4.75. The molecular weight excluding hydrogens is 421 g/mol. The molecule has 0 aliphatic carbocycles. The van der Waals surface area contributed by atoms with E-state index < -0.39 is 11.9 Å². The van der Waals surface area contributed by atoms with E-state index in [9.17, 15) is 14.0 Å². The predicted molar refractivity (Wildman–Crippen MR) is 127 cm³/mol. The van der Waals surface area contributed by atoms with Gasteiger partial charge in [-0.25, -0.2) is 9.78 Å². The molecule has 0 bridgehead atoms. The molecule has 0 amide bonds. The van der Waals surface area contributed by atoms with Gasteiger partial charge in [0.2, 0.25) is 5.95 Å². The first-order valence-corrected chi connectivity index (χ1v) is 10.5. The number of carbonyl (C=O) groups excluding carboxylic acids is 1. The van der Waals surface area contributed by atoms with Crippen LogP contribution in [0.1, 0.15) is 34.5 Å². The zero-order valence-electron chi connectivity index (χ0n) is 18.8. The van der Waals surface area contributed by atoms with Crippen LogP contribution >= 0.6 is 0 Å². The number of hydrogen-bond donors (Lipinski definition) is 1. The number of halogens is 1. The summed E-state index contributed by atoms with van der Waals surface area (Å²) in [4.78, 5) is 29.2.